The molecule has 2 aliphatic heterocycles. The lowest BCUT2D eigenvalue weighted by Crippen LogP contribution is -2.65. The molecule has 1 saturated carbocycles. The van der Waals surface area contributed by atoms with Crippen molar-refractivity contribution in [3.63, 3.8) is 0 Å². The SMILES string of the molecule is C=CCCC(C)N(C)C(=C)c1cc(N2CCC(N3CC4(CC(c5ccc(-c6cc(-c7ccccc7C)nnc6N)cc5)C4)C3)CC2)ccc1C=C. The number of aromatic nitrogens is 2. The van der Waals surface area contributed by atoms with Crippen LogP contribution in [0.25, 0.3) is 34.2 Å². The van der Waals surface area contributed by atoms with Gasteiger partial charge >= 0.3 is 0 Å². The van der Waals surface area contributed by atoms with Crippen molar-refractivity contribution in [3.05, 3.63) is 121 Å². The molecular weight excluding hydrogens is 625 g/mol. The summed E-state index contributed by atoms with van der Waals surface area (Å²) in [6.45, 7) is 21.5. The summed E-state index contributed by atoms with van der Waals surface area (Å²) in [5.41, 5.74) is 18.1. The number of nitrogens with two attached hydrogens (primary N) is 1. The van der Waals surface area contributed by atoms with E-state index in [9.17, 15) is 0 Å². The van der Waals surface area contributed by atoms with E-state index >= 15 is 0 Å². The van der Waals surface area contributed by atoms with Crippen LogP contribution in [0, 0.1) is 12.3 Å². The Hall–Kier alpha value is -4.68. The van der Waals surface area contributed by atoms with Gasteiger partial charge in [0.2, 0.25) is 0 Å². The van der Waals surface area contributed by atoms with Crippen molar-refractivity contribution in [1.29, 1.82) is 0 Å². The molecule has 3 fully saturated rings. The van der Waals surface area contributed by atoms with Crippen LogP contribution >= 0.6 is 0 Å². The summed E-state index contributed by atoms with van der Waals surface area (Å²) >= 11 is 0. The van der Waals surface area contributed by atoms with Crippen molar-refractivity contribution >= 4 is 23.3 Å². The highest BCUT2D eigenvalue weighted by atomic mass is 15.3. The highest BCUT2D eigenvalue weighted by Gasteiger charge is 2.53. The Morgan fingerprint density at radius 1 is 0.980 bits per heavy atom. The number of allylic oxidation sites excluding steroid dienone is 1. The van der Waals surface area contributed by atoms with Gasteiger partial charge in [-0.25, -0.2) is 0 Å². The summed E-state index contributed by atoms with van der Waals surface area (Å²) in [4.78, 5) is 7.65. The number of piperidine rings is 1. The molecule has 3 aliphatic rings. The maximum Gasteiger partial charge on any atom is 0.154 e. The van der Waals surface area contributed by atoms with Crippen molar-refractivity contribution in [3.8, 4) is 22.4 Å². The van der Waals surface area contributed by atoms with Crippen LogP contribution in [-0.4, -0.2) is 65.3 Å². The molecule has 2 N–H and O–H groups in total. The lowest BCUT2D eigenvalue weighted by Gasteiger charge is -2.62. The lowest BCUT2D eigenvalue weighted by molar-refractivity contribution is -0.0980. The van der Waals surface area contributed by atoms with Crippen LogP contribution in [-0.2, 0) is 0 Å². The van der Waals surface area contributed by atoms with Gasteiger partial charge in [-0.1, -0.05) is 79.9 Å². The summed E-state index contributed by atoms with van der Waals surface area (Å²) in [6.07, 6.45) is 11.1. The van der Waals surface area contributed by atoms with E-state index in [0.717, 1.165) is 59.6 Å². The van der Waals surface area contributed by atoms with Gasteiger partial charge < -0.3 is 15.5 Å². The zero-order valence-electron chi connectivity index (χ0n) is 30.8. The Labute approximate surface area is 305 Å². The van der Waals surface area contributed by atoms with Gasteiger partial charge in [-0.2, -0.15) is 0 Å². The fourth-order valence-electron chi connectivity index (χ4n) is 8.78. The minimum Gasteiger partial charge on any atom is -0.382 e. The van der Waals surface area contributed by atoms with Crippen molar-refractivity contribution < 1.29 is 0 Å². The molecule has 6 heteroatoms. The van der Waals surface area contributed by atoms with Crippen LogP contribution < -0.4 is 10.6 Å². The normalized spacial score (nSPS) is 18.1. The second-order valence-corrected chi connectivity index (χ2v) is 15.4. The Morgan fingerprint density at radius 3 is 2.39 bits per heavy atom. The van der Waals surface area contributed by atoms with Crippen LogP contribution in [0.2, 0.25) is 0 Å². The van der Waals surface area contributed by atoms with Gasteiger partial charge in [0.25, 0.3) is 0 Å². The number of nitrogens with zero attached hydrogens (tertiary/aromatic N) is 5. The Morgan fingerprint density at radius 2 is 1.71 bits per heavy atom. The molecule has 0 radical (unpaired) electrons. The second-order valence-electron chi connectivity index (χ2n) is 15.4. The van der Waals surface area contributed by atoms with Crippen LogP contribution in [0.15, 0.2) is 98.6 Å². The Balaban J connectivity index is 0.912. The van der Waals surface area contributed by atoms with Crippen molar-refractivity contribution in [2.24, 2.45) is 5.41 Å². The maximum absolute atomic E-state index is 6.31. The maximum atomic E-state index is 6.31. The van der Waals surface area contributed by atoms with Crippen molar-refractivity contribution in [2.45, 2.75) is 70.4 Å². The lowest BCUT2D eigenvalue weighted by atomic mass is 9.55. The molecule has 0 amide bonds. The molecule has 7 rings (SSSR count). The first-order chi connectivity index (χ1) is 24.7. The zero-order valence-corrected chi connectivity index (χ0v) is 30.8. The Bertz CT molecular complexity index is 1890. The number of aryl methyl sites for hydroxylation is 1. The van der Waals surface area contributed by atoms with Crippen LogP contribution in [0.4, 0.5) is 11.5 Å². The number of rotatable bonds is 12. The first-order valence-corrected chi connectivity index (χ1v) is 18.8. The van der Waals surface area contributed by atoms with E-state index < -0.39 is 0 Å². The average Bonchev–Trinajstić information content (AvgIpc) is 3.13. The first-order valence-electron chi connectivity index (χ1n) is 18.8. The molecule has 1 unspecified atom stereocenters. The molecule has 3 aromatic carbocycles. The van der Waals surface area contributed by atoms with Crippen LogP contribution in [0.3, 0.4) is 0 Å². The van der Waals surface area contributed by atoms with E-state index in [1.54, 1.807) is 0 Å². The largest absolute Gasteiger partial charge is 0.382 e. The number of benzene rings is 3. The van der Waals surface area contributed by atoms with Gasteiger partial charge in [0.15, 0.2) is 5.82 Å². The highest BCUT2D eigenvalue weighted by molar-refractivity contribution is 5.78. The summed E-state index contributed by atoms with van der Waals surface area (Å²) < 4.78 is 0. The number of nitrogen functional groups attached to an aromatic ring is 1. The van der Waals surface area contributed by atoms with Gasteiger partial charge in [0, 0.05) is 73.4 Å². The molecule has 1 aliphatic carbocycles. The molecule has 3 heterocycles. The minimum absolute atomic E-state index is 0.396. The topological polar surface area (TPSA) is 61.5 Å². The standard InChI is InChI=1S/C45H54N6/c1-7-9-13-32(4)49(6)33(5)41-25-39(20-19-34(41)8-2)50-23-21-38(22-24-50)51-29-45(30-51)27-37(28-45)35-15-17-36(18-16-35)42-26-43(47-48-44(42)46)40-14-11-10-12-31(40)3/h7-8,10-12,14-20,25-26,32,37-38H,1-2,5,9,13,21-24,27-30H2,3-4,6H3,(H2,46,48). The highest BCUT2D eigenvalue weighted by Crippen LogP contribution is 2.57. The molecule has 264 valence electrons. The monoisotopic (exact) mass is 678 g/mol. The molecule has 6 nitrogen and oxygen atoms in total. The summed E-state index contributed by atoms with van der Waals surface area (Å²) in [6, 6.07) is 27.3. The molecule has 0 bridgehead atoms. The van der Waals surface area contributed by atoms with E-state index in [1.165, 1.54) is 61.2 Å². The van der Waals surface area contributed by atoms with Gasteiger partial charge in [-0.05, 0) is 104 Å². The number of hydrogen-bond acceptors (Lipinski definition) is 6. The van der Waals surface area contributed by atoms with Crippen molar-refractivity contribution in [2.75, 3.05) is 43.9 Å². The third-order valence-corrected chi connectivity index (χ3v) is 12.2. The third-order valence-electron chi connectivity index (χ3n) is 12.2. The molecule has 51 heavy (non-hydrogen) atoms. The smallest absolute Gasteiger partial charge is 0.154 e. The van der Waals surface area contributed by atoms with E-state index in [1.807, 2.05) is 24.3 Å². The third kappa shape index (κ3) is 6.99. The van der Waals surface area contributed by atoms with Crippen LogP contribution in [0.5, 0.6) is 0 Å². The van der Waals surface area contributed by atoms with Gasteiger partial charge in [-0.15, -0.1) is 16.8 Å². The molecule has 4 aromatic rings. The Kier molecular flexibility index (Phi) is 9.89. The molecule has 1 spiro atoms. The quantitative estimate of drug-likeness (QED) is 0.151. The predicted octanol–water partition coefficient (Wildman–Crippen LogP) is 9.45. The summed E-state index contributed by atoms with van der Waals surface area (Å²) in [5.74, 6) is 1.11. The number of likely N-dealkylation sites (tertiary alicyclic amines) is 1. The van der Waals surface area contributed by atoms with E-state index in [2.05, 4.69) is 126 Å². The summed E-state index contributed by atoms with van der Waals surface area (Å²) in [7, 11) is 2.15. The van der Waals surface area contributed by atoms with E-state index in [-0.39, 0.29) is 0 Å². The first kappa shape index (κ1) is 34.8. The number of anilines is 2. The van der Waals surface area contributed by atoms with E-state index in [4.69, 9.17) is 5.73 Å². The number of hydrogen-bond donors (Lipinski definition) is 1. The molecular formula is C45H54N6. The average molecular weight is 679 g/mol. The zero-order chi connectivity index (χ0) is 35.7. The molecule has 2 saturated heterocycles. The second kappa shape index (κ2) is 14.5. The summed E-state index contributed by atoms with van der Waals surface area (Å²) in [5, 5.41) is 8.70. The van der Waals surface area contributed by atoms with Gasteiger partial charge in [-0.3, -0.25) is 4.90 Å². The van der Waals surface area contributed by atoms with E-state index in [0.29, 0.717) is 29.2 Å². The van der Waals surface area contributed by atoms with Crippen molar-refractivity contribution in [1.82, 2.24) is 20.0 Å². The van der Waals surface area contributed by atoms with Crippen LogP contribution in [0.1, 0.15) is 73.6 Å². The minimum atomic E-state index is 0.396. The fraction of sp³-hybridized carbons (Fsp3) is 0.378. The molecule has 1 atom stereocenters. The van der Waals surface area contributed by atoms with Gasteiger partial charge in [0.05, 0.1) is 5.69 Å². The molecule has 1 aromatic heterocycles. The van der Waals surface area contributed by atoms with Gasteiger partial charge in [0.1, 0.15) is 0 Å². The predicted molar refractivity (Wildman–Crippen MR) is 215 cm³/mol. The fourth-order valence-corrected chi connectivity index (χ4v) is 8.78.